The van der Waals surface area contributed by atoms with Crippen LogP contribution in [0.15, 0.2) is 72.3 Å². The lowest BCUT2D eigenvalue weighted by Gasteiger charge is -2.71. The number of halogens is 2. The van der Waals surface area contributed by atoms with Crippen LogP contribution in [-0.4, -0.2) is 51.7 Å². The molecule has 48 heavy (non-hydrogen) atoms. The van der Waals surface area contributed by atoms with Crippen LogP contribution in [0.4, 0.5) is 14.9 Å². The van der Waals surface area contributed by atoms with Crippen molar-refractivity contribution >= 4 is 29.1 Å². The Bertz CT molecular complexity index is 1660. The number of rotatable bonds is 8. The number of urea groups is 1. The number of para-hydroxylation sites is 1. The van der Waals surface area contributed by atoms with Crippen molar-refractivity contribution in [2.45, 2.75) is 90.3 Å². The first kappa shape index (κ1) is 33.5. The summed E-state index contributed by atoms with van der Waals surface area (Å²) in [7, 11) is 0. The summed E-state index contributed by atoms with van der Waals surface area (Å²) >= 11 is 6.45. The maximum absolute atomic E-state index is 15.1. The molecular formula is C40H48ClFN2O4. The highest BCUT2D eigenvalue weighted by Crippen LogP contribution is 2.78. The van der Waals surface area contributed by atoms with Crippen LogP contribution >= 0.6 is 11.6 Å². The lowest BCUT2D eigenvalue weighted by Crippen LogP contribution is -2.67. The van der Waals surface area contributed by atoms with Crippen molar-refractivity contribution in [1.82, 2.24) is 4.90 Å². The van der Waals surface area contributed by atoms with E-state index in [2.05, 4.69) is 37.4 Å². The number of carbonyl (C=O) groups excluding carboxylic acids is 2. The number of fused-ring (bicyclic) bond motifs is 1. The minimum atomic E-state index is -1.17. The number of benzene rings is 2. The van der Waals surface area contributed by atoms with Crippen LogP contribution in [0.5, 0.6) is 0 Å². The number of ketones is 1. The van der Waals surface area contributed by atoms with Crippen LogP contribution in [0.2, 0.25) is 5.02 Å². The van der Waals surface area contributed by atoms with Crippen LogP contribution < -0.4 is 5.32 Å². The van der Waals surface area contributed by atoms with E-state index in [9.17, 15) is 19.8 Å². The van der Waals surface area contributed by atoms with Gasteiger partial charge in [-0.15, -0.1) is 0 Å². The van der Waals surface area contributed by atoms with Crippen LogP contribution in [0.1, 0.15) is 77.7 Å². The topological polar surface area (TPSA) is 89.9 Å². The molecule has 0 aromatic heterocycles. The van der Waals surface area contributed by atoms with Crippen LogP contribution in [0, 0.1) is 39.3 Å². The average Bonchev–Trinajstić information content (AvgIpc) is 3.33. The standard InChI is InChI=1S/C40H48ClFN2O4/c1-4-21-44(35(47)43-26-9-6-5-7-10-26)25-39(48)18-15-34-37(39,3)17-14-33-36(2)16-13-27(45)23-38(36)19-20-40(33,34)29(24-38)32(46)22-28-30(41)11-8-12-31(28)42/h5-12,19-20,24,27,33-34,45,48H,4,13-18,21-23,25H2,1-3H3,(H,43,47)/t27?,33-,34-,36-,37+,38+,39-,40-/m1/s1. The van der Waals surface area contributed by atoms with Gasteiger partial charge in [0.1, 0.15) is 5.82 Å². The summed E-state index contributed by atoms with van der Waals surface area (Å²) in [5, 5.41) is 27.0. The summed E-state index contributed by atoms with van der Waals surface area (Å²) in [5.74, 6) is -0.589. The lowest BCUT2D eigenvalue weighted by molar-refractivity contribution is -0.177. The molecule has 256 valence electrons. The number of Topliss-reactive ketones (excluding diaryl/α,β-unsaturated/α-hetero) is 1. The SMILES string of the molecule is CCCN(C[C@]1(O)CC[C@H]2[C@]34C=C[C@@]5(C=C3C(=O)Cc3c(F)cccc3Cl)CC(O)CC[C@]5(C)[C@H]4CC[C@@]21C)C(=O)Nc1ccccc1. The molecule has 0 saturated heterocycles. The van der Waals surface area contributed by atoms with E-state index in [1.807, 2.05) is 37.3 Å². The molecule has 2 spiro atoms. The summed E-state index contributed by atoms with van der Waals surface area (Å²) in [4.78, 5) is 30.0. The molecule has 6 aliphatic rings. The second-order valence-electron chi connectivity index (χ2n) is 15.8. The van der Waals surface area contributed by atoms with Gasteiger partial charge in [-0.25, -0.2) is 9.18 Å². The lowest BCUT2D eigenvalue weighted by atomic mass is 9.32. The highest BCUT2D eigenvalue weighted by molar-refractivity contribution is 6.31. The molecule has 3 fully saturated rings. The zero-order valence-corrected chi connectivity index (χ0v) is 29.0. The molecular weight excluding hydrogens is 627 g/mol. The smallest absolute Gasteiger partial charge is 0.321 e. The van der Waals surface area contributed by atoms with Gasteiger partial charge in [-0.1, -0.05) is 74.9 Å². The number of hydrogen-bond donors (Lipinski definition) is 3. The third-order valence-corrected chi connectivity index (χ3v) is 14.0. The molecule has 3 saturated carbocycles. The Morgan fingerprint density at radius 2 is 1.69 bits per heavy atom. The highest BCUT2D eigenvalue weighted by atomic mass is 35.5. The first-order valence-electron chi connectivity index (χ1n) is 17.7. The van der Waals surface area contributed by atoms with E-state index in [0.29, 0.717) is 37.1 Å². The fourth-order valence-corrected chi connectivity index (χ4v) is 11.4. The molecule has 8 atom stereocenters. The van der Waals surface area contributed by atoms with Crippen LogP contribution in [0.25, 0.3) is 0 Å². The summed E-state index contributed by atoms with van der Waals surface area (Å²) in [6.07, 6.45) is 11.7. The Balaban J connectivity index is 1.28. The molecule has 8 heteroatoms. The predicted molar refractivity (Wildman–Crippen MR) is 186 cm³/mol. The van der Waals surface area contributed by atoms with Gasteiger partial charge in [0.25, 0.3) is 0 Å². The number of aliphatic hydroxyl groups excluding tert-OH is 1. The Morgan fingerprint density at radius 3 is 2.42 bits per heavy atom. The molecule has 6 aliphatic carbocycles. The Morgan fingerprint density at radius 1 is 0.979 bits per heavy atom. The van der Waals surface area contributed by atoms with Crippen molar-refractivity contribution in [2.75, 3.05) is 18.4 Å². The summed E-state index contributed by atoms with van der Waals surface area (Å²) in [6, 6.07) is 13.6. The van der Waals surface area contributed by atoms with Gasteiger partial charge in [0, 0.05) is 51.1 Å². The minimum Gasteiger partial charge on any atom is -0.393 e. The third-order valence-electron chi connectivity index (χ3n) is 13.7. The molecule has 2 aromatic carbocycles. The summed E-state index contributed by atoms with van der Waals surface area (Å²) in [5.41, 5.74) is -1.48. The Kier molecular flexibility index (Phi) is 8.24. The van der Waals surface area contributed by atoms with E-state index in [0.717, 1.165) is 32.1 Å². The molecule has 2 amide bonds. The predicted octanol–water partition coefficient (Wildman–Crippen LogP) is 8.13. The second-order valence-corrected chi connectivity index (χ2v) is 16.2. The van der Waals surface area contributed by atoms with Crippen molar-refractivity contribution in [3.8, 4) is 0 Å². The van der Waals surface area contributed by atoms with E-state index >= 15 is 4.39 Å². The van der Waals surface area contributed by atoms with Crippen LogP contribution in [0.3, 0.4) is 0 Å². The molecule has 0 radical (unpaired) electrons. The maximum atomic E-state index is 15.1. The third kappa shape index (κ3) is 4.78. The average molecular weight is 675 g/mol. The normalized spacial score (nSPS) is 37.6. The summed E-state index contributed by atoms with van der Waals surface area (Å²) in [6.45, 7) is 7.24. The van der Waals surface area contributed by atoms with Crippen molar-refractivity contribution < 1.29 is 24.2 Å². The van der Waals surface area contributed by atoms with Gasteiger partial charge in [-0.05, 0) is 92.9 Å². The molecule has 6 nitrogen and oxygen atoms in total. The number of carbonyl (C=O) groups is 2. The number of allylic oxidation sites excluding steroid dienone is 4. The van der Waals surface area contributed by atoms with Crippen LogP contribution in [-0.2, 0) is 11.2 Å². The molecule has 8 rings (SSSR count). The largest absolute Gasteiger partial charge is 0.393 e. The molecule has 1 unspecified atom stereocenters. The molecule has 0 aliphatic heterocycles. The Labute approximate surface area is 288 Å². The van der Waals surface area contributed by atoms with Crippen molar-refractivity contribution in [3.05, 3.63) is 88.7 Å². The van der Waals surface area contributed by atoms with Gasteiger partial charge in [-0.2, -0.15) is 0 Å². The van der Waals surface area contributed by atoms with Crippen molar-refractivity contribution in [2.24, 2.45) is 33.5 Å². The van der Waals surface area contributed by atoms with Gasteiger partial charge in [0.05, 0.1) is 18.2 Å². The first-order valence-corrected chi connectivity index (χ1v) is 18.1. The molecule has 2 aromatic rings. The fourth-order valence-electron chi connectivity index (χ4n) is 11.2. The molecule has 3 N–H and O–H groups in total. The van der Waals surface area contributed by atoms with Gasteiger partial charge in [0.2, 0.25) is 0 Å². The number of hydrogen-bond acceptors (Lipinski definition) is 4. The number of nitrogens with zero attached hydrogens (tertiary/aromatic N) is 1. The number of nitrogens with one attached hydrogen (secondary N) is 1. The Hall–Kier alpha value is -3.00. The molecule has 2 bridgehead atoms. The summed E-state index contributed by atoms with van der Waals surface area (Å²) < 4.78 is 15.1. The number of amides is 2. The van der Waals surface area contributed by atoms with E-state index in [1.54, 1.807) is 17.0 Å². The quantitative estimate of drug-likeness (QED) is 0.247. The second kappa shape index (κ2) is 11.8. The van der Waals surface area contributed by atoms with Crippen molar-refractivity contribution in [3.63, 3.8) is 0 Å². The van der Waals surface area contributed by atoms with Crippen molar-refractivity contribution in [1.29, 1.82) is 0 Å². The van der Waals surface area contributed by atoms with Gasteiger partial charge >= 0.3 is 6.03 Å². The fraction of sp³-hybridized carbons (Fsp3) is 0.550. The van der Waals surface area contributed by atoms with Gasteiger partial charge in [0.15, 0.2) is 5.78 Å². The molecule has 0 heterocycles. The van der Waals surface area contributed by atoms with E-state index in [-0.39, 0.29) is 52.6 Å². The van der Waals surface area contributed by atoms with E-state index in [1.165, 1.54) is 6.07 Å². The van der Waals surface area contributed by atoms with Gasteiger partial charge < -0.3 is 20.4 Å². The van der Waals surface area contributed by atoms with E-state index < -0.39 is 33.8 Å². The van der Waals surface area contributed by atoms with E-state index in [4.69, 9.17) is 11.6 Å². The monoisotopic (exact) mass is 674 g/mol. The zero-order chi connectivity index (χ0) is 34.1. The maximum Gasteiger partial charge on any atom is 0.321 e. The number of aliphatic hydroxyl groups is 2. The minimum absolute atomic E-state index is 0.0704. The first-order chi connectivity index (χ1) is 22.8. The zero-order valence-electron chi connectivity index (χ0n) is 28.3. The van der Waals surface area contributed by atoms with Gasteiger partial charge in [-0.3, -0.25) is 4.79 Å². The number of anilines is 1. The highest BCUT2D eigenvalue weighted by Gasteiger charge is 2.74.